The van der Waals surface area contributed by atoms with E-state index < -0.39 is 55.9 Å². The topological polar surface area (TPSA) is 62.2 Å². The lowest BCUT2D eigenvalue weighted by Crippen LogP contribution is -2.42. The Bertz CT molecular complexity index is 1280. The number of alkyl halides is 6. The number of oxime groups is 1. The molecule has 2 amide bonds. The van der Waals surface area contributed by atoms with E-state index in [9.17, 15) is 35.9 Å². The van der Waals surface area contributed by atoms with E-state index >= 15 is 0 Å². The van der Waals surface area contributed by atoms with Crippen molar-refractivity contribution < 1.29 is 40.8 Å². The molecule has 2 aromatic carbocycles. The molecule has 0 radical (unpaired) electrons. The summed E-state index contributed by atoms with van der Waals surface area (Å²) >= 11 is 11.8. The van der Waals surface area contributed by atoms with Gasteiger partial charge in [0.1, 0.15) is 13.1 Å². The third kappa shape index (κ3) is 5.35. The first-order valence-electron chi connectivity index (χ1n) is 10.6. The normalized spacial score (nSPS) is 20.4. The molecule has 1 saturated heterocycles. The highest BCUT2D eigenvalue weighted by molar-refractivity contribution is 6.34. The molecule has 0 spiro atoms. The smallest absolute Gasteiger partial charge is 0.374 e. The number of hydrogen-bond acceptors (Lipinski definition) is 4. The summed E-state index contributed by atoms with van der Waals surface area (Å²) in [6.07, 6.45) is -10.2. The first-order chi connectivity index (χ1) is 17.1. The quantitative estimate of drug-likeness (QED) is 0.446. The van der Waals surface area contributed by atoms with Crippen LogP contribution in [0.1, 0.15) is 33.5 Å². The molecule has 14 heteroatoms. The van der Waals surface area contributed by atoms with E-state index in [2.05, 4.69) is 5.16 Å². The molecule has 0 aliphatic carbocycles. The molecular formula is C23H17Cl2F6N3O3. The van der Waals surface area contributed by atoms with Gasteiger partial charge in [-0.05, 0) is 48.4 Å². The number of rotatable bonds is 4. The Kier molecular flexibility index (Phi) is 6.87. The highest BCUT2D eigenvalue weighted by Gasteiger charge is 2.62. The maximum atomic E-state index is 14.2. The van der Waals surface area contributed by atoms with Gasteiger partial charge >= 0.3 is 12.4 Å². The molecule has 1 atom stereocenters. The van der Waals surface area contributed by atoms with E-state index in [0.717, 1.165) is 17.0 Å². The fraction of sp³-hybridized carbons (Fsp3) is 0.348. The molecule has 6 nitrogen and oxygen atoms in total. The van der Waals surface area contributed by atoms with Gasteiger partial charge in [-0.3, -0.25) is 9.59 Å². The average Bonchev–Trinajstić information content (AvgIpc) is 3.37. The Morgan fingerprint density at radius 2 is 1.73 bits per heavy atom. The minimum atomic E-state index is -4.89. The second-order valence-electron chi connectivity index (χ2n) is 8.67. The molecule has 198 valence electrons. The van der Waals surface area contributed by atoms with Crippen molar-refractivity contribution in [3.63, 3.8) is 0 Å². The van der Waals surface area contributed by atoms with Gasteiger partial charge in [0.2, 0.25) is 5.91 Å². The molecule has 1 unspecified atom stereocenters. The van der Waals surface area contributed by atoms with E-state index in [-0.39, 0.29) is 32.4 Å². The predicted octanol–water partition coefficient (Wildman–Crippen LogP) is 5.69. The maximum absolute atomic E-state index is 14.2. The van der Waals surface area contributed by atoms with Crippen LogP contribution in [0.25, 0.3) is 0 Å². The van der Waals surface area contributed by atoms with Gasteiger partial charge in [0, 0.05) is 27.6 Å². The zero-order chi connectivity index (χ0) is 27.3. The van der Waals surface area contributed by atoms with Gasteiger partial charge in [0.15, 0.2) is 0 Å². The molecule has 37 heavy (non-hydrogen) atoms. The summed E-state index contributed by atoms with van der Waals surface area (Å²) in [5.41, 5.74) is -2.58. The summed E-state index contributed by atoms with van der Waals surface area (Å²) in [6, 6.07) is 7.54. The average molecular weight is 568 g/mol. The van der Waals surface area contributed by atoms with Gasteiger partial charge in [0.25, 0.3) is 11.5 Å². The van der Waals surface area contributed by atoms with E-state index in [1.165, 1.54) is 31.2 Å². The highest BCUT2D eigenvalue weighted by Crippen LogP contribution is 2.49. The molecule has 2 aliphatic heterocycles. The molecule has 0 saturated carbocycles. The van der Waals surface area contributed by atoms with E-state index in [1.807, 2.05) is 0 Å². The van der Waals surface area contributed by atoms with Crippen LogP contribution in [-0.2, 0) is 15.2 Å². The Balaban J connectivity index is 1.56. The van der Waals surface area contributed by atoms with Gasteiger partial charge in [-0.25, -0.2) is 0 Å². The van der Waals surface area contributed by atoms with Crippen LogP contribution in [0.5, 0.6) is 0 Å². The van der Waals surface area contributed by atoms with Crippen LogP contribution in [0.3, 0.4) is 0 Å². The summed E-state index contributed by atoms with van der Waals surface area (Å²) in [7, 11) is 0. The molecule has 0 aromatic heterocycles. The largest absolute Gasteiger partial charge is 0.435 e. The lowest BCUT2D eigenvalue weighted by Gasteiger charge is -2.29. The van der Waals surface area contributed by atoms with Crippen molar-refractivity contribution in [2.45, 2.75) is 31.3 Å². The number of carbonyl (C=O) groups is 2. The summed E-state index contributed by atoms with van der Waals surface area (Å²) in [5, 5.41) is 3.63. The molecule has 0 bridgehead atoms. The predicted molar refractivity (Wildman–Crippen MR) is 121 cm³/mol. The van der Waals surface area contributed by atoms with Crippen LogP contribution in [0.15, 0.2) is 41.6 Å². The van der Waals surface area contributed by atoms with E-state index in [0.29, 0.717) is 10.5 Å². The number of nitrogens with zero attached hydrogens (tertiary/aromatic N) is 3. The third-order valence-electron chi connectivity index (χ3n) is 5.98. The monoisotopic (exact) mass is 567 g/mol. The van der Waals surface area contributed by atoms with Gasteiger partial charge in [-0.15, -0.1) is 0 Å². The van der Waals surface area contributed by atoms with Crippen molar-refractivity contribution in [2.75, 3.05) is 19.8 Å². The molecule has 2 aromatic rings. The highest BCUT2D eigenvalue weighted by atomic mass is 35.5. The Hall–Kier alpha value is -2.99. The number of aryl methyl sites for hydroxylation is 1. The number of halogens is 8. The SMILES string of the molecule is Cc1cc(C2=NOC(c3cc(Cl)cc(Cl)c3)(C(F)(F)F)C2)ccc1C(=O)N1CC(=O)N(CC(F)(F)F)C1. The lowest BCUT2D eigenvalue weighted by atomic mass is 9.86. The first kappa shape index (κ1) is 27.1. The zero-order valence-corrected chi connectivity index (χ0v) is 20.4. The van der Waals surface area contributed by atoms with Crippen LogP contribution >= 0.6 is 23.2 Å². The fourth-order valence-corrected chi connectivity index (χ4v) is 4.71. The van der Waals surface area contributed by atoms with Crippen molar-refractivity contribution in [1.29, 1.82) is 0 Å². The maximum Gasteiger partial charge on any atom is 0.435 e. The van der Waals surface area contributed by atoms with Crippen molar-refractivity contribution in [3.05, 3.63) is 68.7 Å². The molecular weight excluding hydrogens is 551 g/mol. The Morgan fingerprint density at radius 1 is 1.08 bits per heavy atom. The summed E-state index contributed by atoms with van der Waals surface area (Å²) in [6.45, 7) is -1.03. The van der Waals surface area contributed by atoms with E-state index in [1.54, 1.807) is 0 Å². The minimum Gasteiger partial charge on any atom is -0.374 e. The minimum absolute atomic E-state index is 0.0175. The Morgan fingerprint density at radius 3 is 2.30 bits per heavy atom. The van der Waals surface area contributed by atoms with Crippen molar-refractivity contribution in [2.24, 2.45) is 5.16 Å². The molecule has 4 rings (SSSR count). The molecule has 0 N–H and O–H groups in total. The summed E-state index contributed by atoms with van der Waals surface area (Å²) < 4.78 is 80.6. The van der Waals surface area contributed by atoms with Gasteiger partial charge in [-0.1, -0.05) is 34.4 Å². The number of carbonyl (C=O) groups excluding carboxylic acids is 2. The fourth-order valence-electron chi connectivity index (χ4n) is 4.19. The van der Waals surface area contributed by atoms with Gasteiger partial charge in [-0.2, -0.15) is 26.3 Å². The van der Waals surface area contributed by atoms with Crippen LogP contribution in [0, 0.1) is 6.92 Å². The second kappa shape index (κ2) is 9.39. The van der Waals surface area contributed by atoms with Crippen LogP contribution in [-0.4, -0.2) is 59.4 Å². The molecule has 1 fully saturated rings. The summed E-state index contributed by atoms with van der Waals surface area (Å²) in [5.74, 6) is -1.54. The number of hydrogen-bond donors (Lipinski definition) is 0. The standard InChI is InChI=1S/C23H17Cl2F6N3O3/c1-12-4-13(2-3-17(12)20(36)33-9-19(35)34(11-33)10-22(26,27)28)18-8-21(37-32-18,23(29,30)31)14-5-15(24)7-16(25)6-14/h2-7H,8-11H2,1H3. The number of benzene rings is 2. The second-order valence-corrected chi connectivity index (χ2v) is 9.54. The zero-order valence-electron chi connectivity index (χ0n) is 18.9. The number of amides is 2. The van der Waals surface area contributed by atoms with Crippen LogP contribution in [0.2, 0.25) is 10.0 Å². The van der Waals surface area contributed by atoms with Crippen molar-refractivity contribution in [3.8, 4) is 0 Å². The lowest BCUT2D eigenvalue weighted by molar-refractivity contribution is -0.275. The molecule has 2 aliphatic rings. The summed E-state index contributed by atoms with van der Waals surface area (Å²) in [4.78, 5) is 31.2. The molecule has 2 heterocycles. The van der Waals surface area contributed by atoms with Gasteiger partial charge < -0.3 is 14.6 Å². The van der Waals surface area contributed by atoms with Crippen molar-refractivity contribution >= 4 is 40.7 Å². The van der Waals surface area contributed by atoms with Gasteiger partial charge in [0.05, 0.1) is 12.4 Å². The first-order valence-corrected chi connectivity index (χ1v) is 11.4. The van der Waals surface area contributed by atoms with E-state index in [4.69, 9.17) is 28.0 Å². The van der Waals surface area contributed by atoms with Crippen LogP contribution in [0.4, 0.5) is 26.3 Å². The van der Waals surface area contributed by atoms with Crippen molar-refractivity contribution in [1.82, 2.24) is 9.80 Å². The Labute approximate surface area is 216 Å². The van der Waals surface area contributed by atoms with Crippen LogP contribution < -0.4 is 0 Å². The third-order valence-corrected chi connectivity index (χ3v) is 6.42.